The van der Waals surface area contributed by atoms with Crippen molar-refractivity contribution in [2.45, 2.75) is 45.4 Å². The highest BCUT2D eigenvalue weighted by atomic mass is 16.5. The lowest BCUT2D eigenvalue weighted by molar-refractivity contribution is 0.305. The van der Waals surface area contributed by atoms with Crippen LogP contribution in [0.1, 0.15) is 45.4 Å². The molecule has 4 N–H and O–H groups in total. The molecule has 124 valence electrons. The molecule has 0 bridgehead atoms. The molecular formula is C20H28N2O. The highest BCUT2D eigenvalue weighted by Gasteiger charge is 2.07. The minimum atomic E-state index is 0.724. The van der Waals surface area contributed by atoms with E-state index in [1.807, 2.05) is 42.5 Å². The molecule has 2 aromatic rings. The summed E-state index contributed by atoms with van der Waals surface area (Å²) in [4.78, 5) is 0. The summed E-state index contributed by atoms with van der Waals surface area (Å²) >= 11 is 0. The van der Waals surface area contributed by atoms with E-state index >= 15 is 0 Å². The van der Waals surface area contributed by atoms with Crippen LogP contribution in [0.4, 0.5) is 11.4 Å². The maximum Gasteiger partial charge on any atom is 0.129 e. The van der Waals surface area contributed by atoms with Crippen molar-refractivity contribution in [2.75, 3.05) is 18.1 Å². The molecule has 0 aliphatic carbocycles. The highest BCUT2D eigenvalue weighted by Crippen LogP contribution is 2.32. The second-order valence-electron chi connectivity index (χ2n) is 5.99. The molecule has 0 unspecified atom stereocenters. The number of ether oxygens (including phenoxy) is 1. The molecule has 0 spiro atoms. The van der Waals surface area contributed by atoms with E-state index in [2.05, 4.69) is 6.92 Å². The molecule has 0 aliphatic rings. The molecule has 0 heterocycles. The lowest BCUT2D eigenvalue weighted by Gasteiger charge is -2.13. The maximum absolute atomic E-state index is 6.00. The van der Waals surface area contributed by atoms with Gasteiger partial charge in [-0.15, -0.1) is 0 Å². The Morgan fingerprint density at radius 1 is 0.783 bits per heavy atom. The smallest absolute Gasteiger partial charge is 0.129 e. The van der Waals surface area contributed by atoms with Crippen molar-refractivity contribution in [3.63, 3.8) is 0 Å². The number of benzene rings is 2. The van der Waals surface area contributed by atoms with Gasteiger partial charge >= 0.3 is 0 Å². The number of hydrogen-bond acceptors (Lipinski definition) is 3. The summed E-state index contributed by atoms with van der Waals surface area (Å²) < 4.78 is 6.00. The zero-order valence-corrected chi connectivity index (χ0v) is 14.1. The highest BCUT2D eigenvalue weighted by molar-refractivity contribution is 5.74. The van der Waals surface area contributed by atoms with Crippen molar-refractivity contribution in [2.24, 2.45) is 0 Å². The van der Waals surface area contributed by atoms with Gasteiger partial charge < -0.3 is 16.2 Å². The summed E-state index contributed by atoms with van der Waals surface area (Å²) in [7, 11) is 0. The van der Waals surface area contributed by atoms with Crippen LogP contribution in [0.25, 0.3) is 11.1 Å². The molecule has 0 saturated carbocycles. The van der Waals surface area contributed by atoms with E-state index in [-0.39, 0.29) is 0 Å². The first-order chi connectivity index (χ1) is 11.2. The molecule has 0 atom stereocenters. The zero-order chi connectivity index (χ0) is 16.5. The number of rotatable bonds is 9. The minimum Gasteiger partial charge on any atom is -0.493 e. The molecule has 3 nitrogen and oxygen atoms in total. The molecule has 0 aromatic heterocycles. The van der Waals surface area contributed by atoms with Gasteiger partial charge in [0.25, 0.3) is 0 Å². The number of nitrogens with two attached hydrogens (primary N) is 2. The average Bonchev–Trinajstić information content (AvgIpc) is 2.55. The Morgan fingerprint density at radius 3 is 2.17 bits per heavy atom. The monoisotopic (exact) mass is 312 g/mol. The predicted octanol–water partition coefficient (Wildman–Crippen LogP) is 5.26. The van der Waals surface area contributed by atoms with E-state index in [1.165, 1.54) is 32.1 Å². The summed E-state index contributed by atoms with van der Waals surface area (Å²) in [5, 5.41) is 0. The van der Waals surface area contributed by atoms with Crippen molar-refractivity contribution in [3.05, 3.63) is 42.5 Å². The first-order valence-corrected chi connectivity index (χ1v) is 8.59. The van der Waals surface area contributed by atoms with Crippen LogP contribution in [0.5, 0.6) is 5.75 Å². The van der Waals surface area contributed by atoms with Gasteiger partial charge in [0, 0.05) is 23.0 Å². The molecule has 2 aromatic carbocycles. The molecule has 23 heavy (non-hydrogen) atoms. The summed E-state index contributed by atoms with van der Waals surface area (Å²) in [6.07, 6.45) is 7.53. The van der Waals surface area contributed by atoms with Crippen molar-refractivity contribution >= 4 is 11.4 Å². The standard InChI is InChI=1S/C20H28N2O/c1-2-3-4-5-6-7-14-23-20-15-18(22)12-13-19(20)16-8-10-17(21)11-9-16/h8-13,15H,2-7,14,21-22H2,1H3. The quantitative estimate of drug-likeness (QED) is 0.490. The largest absolute Gasteiger partial charge is 0.493 e. The van der Waals surface area contributed by atoms with Crippen LogP contribution in [-0.4, -0.2) is 6.61 Å². The maximum atomic E-state index is 6.00. The molecule has 0 amide bonds. The Kier molecular flexibility index (Phi) is 6.79. The van der Waals surface area contributed by atoms with E-state index in [0.717, 1.165) is 41.3 Å². The zero-order valence-electron chi connectivity index (χ0n) is 14.1. The van der Waals surface area contributed by atoms with Gasteiger partial charge in [-0.1, -0.05) is 51.2 Å². The predicted molar refractivity (Wildman–Crippen MR) is 99.6 cm³/mol. The Morgan fingerprint density at radius 2 is 1.43 bits per heavy atom. The Bertz CT molecular complexity index is 593. The van der Waals surface area contributed by atoms with Crippen molar-refractivity contribution in [3.8, 4) is 16.9 Å². The third-order valence-electron chi connectivity index (χ3n) is 3.98. The van der Waals surface area contributed by atoms with E-state index in [9.17, 15) is 0 Å². The molecule has 3 heteroatoms. The first-order valence-electron chi connectivity index (χ1n) is 8.59. The second-order valence-corrected chi connectivity index (χ2v) is 5.99. The van der Waals surface area contributed by atoms with Crippen molar-refractivity contribution < 1.29 is 4.74 Å². The normalized spacial score (nSPS) is 10.7. The average molecular weight is 312 g/mol. The Labute approximate surface area is 139 Å². The third kappa shape index (κ3) is 5.51. The van der Waals surface area contributed by atoms with Crippen molar-refractivity contribution in [1.82, 2.24) is 0 Å². The van der Waals surface area contributed by atoms with Gasteiger partial charge in [0.2, 0.25) is 0 Å². The van der Waals surface area contributed by atoms with Gasteiger partial charge in [0.15, 0.2) is 0 Å². The van der Waals surface area contributed by atoms with Gasteiger partial charge in [-0.2, -0.15) is 0 Å². The van der Waals surface area contributed by atoms with E-state index in [1.54, 1.807) is 0 Å². The van der Waals surface area contributed by atoms with Crippen LogP contribution < -0.4 is 16.2 Å². The Balaban J connectivity index is 1.95. The van der Waals surface area contributed by atoms with Crippen LogP contribution in [0.2, 0.25) is 0 Å². The topological polar surface area (TPSA) is 61.3 Å². The molecular weight excluding hydrogens is 284 g/mol. The number of unbranched alkanes of at least 4 members (excludes halogenated alkanes) is 5. The fourth-order valence-corrected chi connectivity index (χ4v) is 2.62. The van der Waals surface area contributed by atoms with Crippen LogP contribution in [0.15, 0.2) is 42.5 Å². The van der Waals surface area contributed by atoms with Crippen LogP contribution >= 0.6 is 0 Å². The summed E-state index contributed by atoms with van der Waals surface area (Å²) in [6.45, 7) is 2.97. The van der Waals surface area contributed by atoms with Gasteiger partial charge in [-0.05, 0) is 36.2 Å². The molecule has 2 rings (SSSR count). The summed E-state index contributed by atoms with van der Waals surface area (Å²) in [6, 6.07) is 13.7. The third-order valence-corrected chi connectivity index (χ3v) is 3.98. The minimum absolute atomic E-state index is 0.724. The van der Waals surface area contributed by atoms with Crippen LogP contribution in [0.3, 0.4) is 0 Å². The number of nitrogen functional groups attached to an aromatic ring is 2. The van der Waals surface area contributed by atoms with E-state index in [4.69, 9.17) is 16.2 Å². The second kappa shape index (κ2) is 9.09. The summed E-state index contributed by atoms with van der Waals surface area (Å²) in [5.41, 5.74) is 15.3. The van der Waals surface area contributed by atoms with Gasteiger partial charge in [0.05, 0.1) is 6.61 Å². The number of anilines is 2. The van der Waals surface area contributed by atoms with Gasteiger partial charge in [-0.3, -0.25) is 0 Å². The van der Waals surface area contributed by atoms with Crippen LogP contribution in [-0.2, 0) is 0 Å². The fourth-order valence-electron chi connectivity index (χ4n) is 2.62. The van der Waals surface area contributed by atoms with E-state index in [0.29, 0.717) is 0 Å². The fraction of sp³-hybridized carbons (Fsp3) is 0.400. The summed E-state index contributed by atoms with van der Waals surface area (Å²) in [5.74, 6) is 0.850. The van der Waals surface area contributed by atoms with E-state index < -0.39 is 0 Å². The molecule has 0 saturated heterocycles. The molecule has 0 fully saturated rings. The van der Waals surface area contributed by atoms with Crippen molar-refractivity contribution in [1.29, 1.82) is 0 Å². The number of hydrogen-bond donors (Lipinski definition) is 2. The lowest BCUT2D eigenvalue weighted by Crippen LogP contribution is -2.00. The molecule has 0 radical (unpaired) electrons. The lowest BCUT2D eigenvalue weighted by atomic mass is 10.0. The first kappa shape index (κ1) is 17.2. The Hall–Kier alpha value is -2.16. The van der Waals surface area contributed by atoms with Crippen LogP contribution in [0, 0.1) is 0 Å². The molecule has 0 aliphatic heterocycles. The van der Waals surface area contributed by atoms with Gasteiger partial charge in [-0.25, -0.2) is 0 Å². The SMILES string of the molecule is CCCCCCCCOc1cc(N)ccc1-c1ccc(N)cc1. The van der Waals surface area contributed by atoms with Gasteiger partial charge in [0.1, 0.15) is 5.75 Å².